The summed E-state index contributed by atoms with van der Waals surface area (Å²) in [6, 6.07) is 28.9. The molecule has 0 aliphatic carbocycles. The van der Waals surface area contributed by atoms with Crippen LogP contribution in [0.15, 0.2) is 91.0 Å². The van der Waals surface area contributed by atoms with E-state index < -0.39 is 0 Å². The maximum absolute atomic E-state index is 11.4. The van der Waals surface area contributed by atoms with Gasteiger partial charge in [0, 0.05) is 25.2 Å². The van der Waals surface area contributed by atoms with Crippen LogP contribution in [0.1, 0.15) is 34.0 Å². The molecule has 0 fully saturated rings. The van der Waals surface area contributed by atoms with Crippen molar-refractivity contribution >= 4 is 11.9 Å². The SMILES string of the molecule is CC(=O)c1ccc(/C=C\CN(Cc2ccccc2)Cc2ccccc2)cc1. The van der Waals surface area contributed by atoms with Gasteiger partial charge < -0.3 is 0 Å². The molecule has 136 valence electrons. The van der Waals surface area contributed by atoms with Gasteiger partial charge in [0.25, 0.3) is 0 Å². The first-order valence-corrected chi connectivity index (χ1v) is 9.28. The zero-order valence-corrected chi connectivity index (χ0v) is 15.7. The van der Waals surface area contributed by atoms with E-state index in [2.05, 4.69) is 77.7 Å². The number of hydrogen-bond donors (Lipinski definition) is 0. The van der Waals surface area contributed by atoms with Crippen molar-refractivity contribution in [2.24, 2.45) is 0 Å². The van der Waals surface area contributed by atoms with Crippen LogP contribution in [0.2, 0.25) is 0 Å². The Balaban J connectivity index is 1.67. The minimum atomic E-state index is 0.0995. The fourth-order valence-corrected chi connectivity index (χ4v) is 3.04. The van der Waals surface area contributed by atoms with Crippen molar-refractivity contribution < 1.29 is 4.79 Å². The molecule has 0 heterocycles. The maximum Gasteiger partial charge on any atom is 0.159 e. The molecule has 3 aromatic rings. The quantitative estimate of drug-likeness (QED) is 0.490. The lowest BCUT2D eigenvalue weighted by Gasteiger charge is -2.21. The topological polar surface area (TPSA) is 20.3 Å². The van der Waals surface area contributed by atoms with Gasteiger partial charge >= 0.3 is 0 Å². The van der Waals surface area contributed by atoms with E-state index in [1.54, 1.807) is 6.92 Å². The van der Waals surface area contributed by atoms with Crippen LogP contribution in [-0.4, -0.2) is 17.2 Å². The summed E-state index contributed by atoms with van der Waals surface area (Å²) < 4.78 is 0. The predicted octanol–water partition coefficient (Wildman–Crippen LogP) is 5.60. The summed E-state index contributed by atoms with van der Waals surface area (Å²) in [4.78, 5) is 13.8. The number of ketones is 1. The number of benzene rings is 3. The summed E-state index contributed by atoms with van der Waals surface area (Å²) in [6.45, 7) is 4.26. The molecular formula is C25H25NO. The number of Topliss-reactive ketones (excluding diaryl/α,β-unsaturated/α-hetero) is 1. The standard InChI is InChI=1S/C25H25NO/c1-21(27)25-16-14-22(15-17-25)13-8-18-26(19-23-9-4-2-5-10-23)20-24-11-6-3-7-12-24/h2-17H,18-20H2,1H3/b13-8-. The first-order valence-electron chi connectivity index (χ1n) is 9.28. The molecule has 0 N–H and O–H groups in total. The van der Waals surface area contributed by atoms with Crippen LogP contribution >= 0.6 is 0 Å². The van der Waals surface area contributed by atoms with Crippen molar-refractivity contribution in [2.75, 3.05) is 6.54 Å². The van der Waals surface area contributed by atoms with Crippen LogP contribution in [0.25, 0.3) is 6.08 Å². The molecule has 27 heavy (non-hydrogen) atoms. The fraction of sp³-hybridized carbons (Fsp3) is 0.160. The smallest absolute Gasteiger partial charge is 0.159 e. The molecule has 0 amide bonds. The van der Waals surface area contributed by atoms with Gasteiger partial charge in [-0.25, -0.2) is 0 Å². The molecule has 0 spiro atoms. The van der Waals surface area contributed by atoms with E-state index in [0.29, 0.717) is 0 Å². The second-order valence-electron chi connectivity index (χ2n) is 6.72. The van der Waals surface area contributed by atoms with Crippen molar-refractivity contribution in [3.05, 3.63) is 113 Å². The Morgan fingerprint density at radius 2 is 1.30 bits per heavy atom. The second kappa shape index (κ2) is 9.65. The Morgan fingerprint density at radius 3 is 1.78 bits per heavy atom. The summed E-state index contributed by atoms with van der Waals surface area (Å²) >= 11 is 0. The van der Waals surface area contributed by atoms with Crippen LogP contribution < -0.4 is 0 Å². The maximum atomic E-state index is 11.4. The Kier molecular flexibility index (Phi) is 6.72. The molecule has 0 saturated heterocycles. The molecule has 0 aliphatic heterocycles. The van der Waals surface area contributed by atoms with Crippen LogP contribution in [0.4, 0.5) is 0 Å². The van der Waals surface area contributed by atoms with Crippen molar-refractivity contribution in [1.82, 2.24) is 4.90 Å². The highest BCUT2D eigenvalue weighted by atomic mass is 16.1. The Bertz CT molecular complexity index is 826. The number of carbonyl (C=O) groups excluding carboxylic acids is 1. The highest BCUT2D eigenvalue weighted by Crippen LogP contribution is 2.11. The monoisotopic (exact) mass is 355 g/mol. The van der Waals surface area contributed by atoms with Crippen molar-refractivity contribution in [1.29, 1.82) is 0 Å². The van der Waals surface area contributed by atoms with E-state index in [1.807, 2.05) is 24.3 Å². The molecule has 2 nitrogen and oxygen atoms in total. The number of hydrogen-bond acceptors (Lipinski definition) is 2. The molecule has 0 radical (unpaired) electrons. The Labute approximate surface area is 161 Å². The van der Waals surface area contributed by atoms with Crippen LogP contribution in [-0.2, 0) is 13.1 Å². The average Bonchev–Trinajstić information content (AvgIpc) is 2.70. The van der Waals surface area contributed by atoms with Gasteiger partial charge in [0.1, 0.15) is 0 Å². The number of rotatable bonds is 8. The summed E-state index contributed by atoms with van der Waals surface area (Å²) in [5, 5.41) is 0. The molecule has 0 bridgehead atoms. The first-order chi connectivity index (χ1) is 13.2. The second-order valence-corrected chi connectivity index (χ2v) is 6.72. The summed E-state index contributed by atoms with van der Waals surface area (Å²) in [5.41, 5.74) is 4.49. The number of nitrogens with zero attached hydrogens (tertiary/aromatic N) is 1. The molecule has 0 atom stereocenters. The normalized spacial score (nSPS) is 11.2. The molecule has 3 rings (SSSR count). The molecule has 0 unspecified atom stereocenters. The van der Waals surface area contributed by atoms with Gasteiger partial charge in [0.05, 0.1) is 0 Å². The van der Waals surface area contributed by atoms with Gasteiger partial charge in [0.2, 0.25) is 0 Å². The van der Waals surface area contributed by atoms with E-state index in [-0.39, 0.29) is 5.78 Å². The van der Waals surface area contributed by atoms with E-state index in [9.17, 15) is 4.79 Å². The van der Waals surface area contributed by atoms with E-state index in [1.165, 1.54) is 11.1 Å². The van der Waals surface area contributed by atoms with E-state index in [0.717, 1.165) is 30.8 Å². The summed E-state index contributed by atoms with van der Waals surface area (Å²) in [5.74, 6) is 0.0995. The zero-order valence-electron chi connectivity index (χ0n) is 15.7. The van der Waals surface area contributed by atoms with Gasteiger partial charge in [-0.3, -0.25) is 9.69 Å². The van der Waals surface area contributed by atoms with Crippen LogP contribution in [0.5, 0.6) is 0 Å². The van der Waals surface area contributed by atoms with Crippen molar-refractivity contribution in [3.63, 3.8) is 0 Å². The van der Waals surface area contributed by atoms with Crippen molar-refractivity contribution in [3.8, 4) is 0 Å². The van der Waals surface area contributed by atoms with Crippen LogP contribution in [0.3, 0.4) is 0 Å². The van der Waals surface area contributed by atoms with Gasteiger partial charge in [-0.2, -0.15) is 0 Å². The lowest BCUT2D eigenvalue weighted by molar-refractivity contribution is 0.101. The largest absolute Gasteiger partial charge is 0.295 e. The van der Waals surface area contributed by atoms with E-state index in [4.69, 9.17) is 0 Å². The molecule has 0 aromatic heterocycles. The predicted molar refractivity (Wildman–Crippen MR) is 112 cm³/mol. The third kappa shape index (κ3) is 6.05. The Hall–Kier alpha value is -2.97. The lowest BCUT2D eigenvalue weighted by atomic mass is 10.1. The Morgan fingerprint density at radius 1 is 0.778 bits per heavy atom. The average molecular weight is 355 g/mol. The molecule has 0 saturated carbocycles. The highest BCUT2D eigenvalue weighted by molar-refractivity contribution is 5.94. The minimum Gasteiger partial charge on any atom is -0.295 e. The molecule has 2 heteroatoms. The summed E-state index contributed by atoms with van der Waals surface area (Å²) in [7, 11) is 0. The van der Waals surface area contributed by atoms with Gasteiger partial charge in [-0.15, -0.1) is 0 Å². The minimum absolute atomic E-state index is 0.0995. The van der Waals surface area contributed by atoms with Crippen molar-refractivity contribution in [2.45, 2.75) is 20.0 Å². The van der Waals surface area contributed by atoms with Gasteiger partial charge in [-0.05, 0) is 23.6 Å². The lowest BCUT2D eigenvalue weighted by Crippen LogP contribution is -2.22. The molecule has 0 aliphatic rings. The van der Waals surface area contributed by atoms with Crippen LogP contribution in [0, 0.1) is 0 Å². The van der Waals surface area contributed by atoms with Gasteiger partial charge in [-0.1, -0.05) is 97.1 Å². The highest BCUT2D eigenvalue weighted by Gasteiger charge is 2.05. The van der Waals surface area contributed by atoms with Gasteiger partial charge in [0.15, 0.2) is 5.78 Å². The molecular weight excluding hydrogens is 330 g/mol. The summed E-state index contributed by atoms with van der Waals surface area (Å²) in [6.07, 6.45) is 4.31. The molecule has 3 aromatic carbocycles. The third-order valence-electron chi connectivity index (χ3n) is 4.49. The van der Waals surface area contributed by atoms with E-state index >= 15 is 0 Å². The first kappa shape index (κ1) is 18.8. The zero-order chi connectivity index (χ0) is 18.9. The number of carbonyl (C=O) groups is 1. The third-order valence-corrected chi connectivity index (χ3v) is 4.49. The fourth-order valence-electron chi connectivity index (χ4n) is 3.04.